The van der Waals surface area contributed by atoms with Crippen molar-refractivity contribution in [3.8, 4) is 23.0 Å². The summed E-state index contributed by atoms with van der Waals surface area (Å²) < 4.78 is 22.3. The molecule has 1 N–H and O–H groups in total. The van der Waals surface area contributed by atoms with Gasteiger partial charge in [0.1, 0.15) is 5.02 Å². The molecule has 0 aliphatic rings. The number of benzene rings is 2. The monoisotopic (exact) mass is 491 g/mol. The van der Waals surface area contributed by atoms with Crippen LogP contribution in [0.25, 0.3) is 0 Å². The van der Waals surface area contributed by atoms with E-state index in [1.807, 2.05) is 20.8 Å². The highest BCUT2D eigenvalue weighted by molar-refractivity contribution is 6.35. The van der Waals surface area contributed by atoms with Gasteiger partial charge in [0.2, 0.25) is 6.04 Å². The van der Waals surface area contributed by atoms with E-state index < -0.39 is 17.7 Å². The average molecular weight is 492 g/mol. The summed E-state index contributed by atoms with van der Waals surface area (Å²) in [5.41, 5.74) is 0.549. The number of ketones is 1. The predicted molar refractivity (Wildman–Crippen MR) is 130 cm³/mol. The number of hydrogen-bond donors (Lipinski definition) is 1. The number of Topliss-reactive ketones (excluding diaryl/α,β-unsaturated/α-hetero) is 1. The first kappa shape index (κ1) is 26.9. The smallest absolute Gasteiger partial charge is 0.258 e. The van der Waals surface area contributed by atoms with Crippen molar-refractivity contribution >= 4 is 34.7 Å². The minimum absolute atomic E-state index is 0.153. The van der Waals surface area contributed by atoms with Crippen LogP contribution in [0.1, 0.15) is 34.6 Å². The fourth-order valence-electron chi connectivity index (χ4n) is 2.96. The molecule has 9 nitrogen and oxygen atoms in total. The van der Waals surface area contributed by atoms with Crippen molar-refractivity contribution in [1.29, 1.82) is 0 Å². The van der Waals surface area contributed by atoms with Gasteiger partial charge in [-0.2, -0.15) is 5.11 Å². The summed E-state index contributed by atoms with van der Waals surface area (Å²) in [6, 6.07) is 6.96. The Labute approximate surface area is 204 Å². The summed E-state index contributed by atoms with van der Waals surface area (Å²) in [7, 11) is 0. The van der Waals surface area contributed by atoms with Gasteiger partial charge in [-0.1, -0.05) is 17.7 Å². The highest BCUT2D eigenvalue weighted by Gasteiger charge is 2.26. The van der Waals surface area contributed by atoms with E-state index in [-0.39, 0.29) is 10.7 Å². The third-order valence-electron chi connectivity index (χ3n) is 4.38. The summed E-state index contributed by atoms with van der Waals surface area (Å²) in [6.45, 7) is 10.1. The van der Waals surface area contributed by atoms with Gasteiger partial charge >= 0.3 is 0 Å². The fraction of sp³-hybridized carbons (Fsp3) is 0.417. The molecule has 1 amide bonds. The standard InChI is InChI=1S/C24H30ClN3O6/c1-6-31-17-11-10-12-18(32-7-2)22(17)28-27-21(15(5)29)24(30)26-16-13-14-19(33-8-3)23(20(16)25)34-9-4/h10-14,21H,6-9H2,1-5H3,(H,26,30). The number of halogens is 1. The maximum absolute atomic E-state index is 12.9. The van der Waals surface area contributed by atoms with Gasteiger partial charge in [-0.3, -0.25) is 9.59 Å². The van der Waals surface area contributed by atoms with E-state index in [9.17, 15) is 9.59 Å². The molecule has 2 aromatic carbocycles. The highest BCUT2D eigenvalue weighted by Crippen LogP contribution is 2.41. The molecule has 0 radical (unpaired) electrons. The van der Waals surface area contributed by atoms with Gasteiger partial charge < -0.3 is 24.3 Å². The van der Waals surface area contributed by atoms with Crippen molar-refractivity contribution in [2.45, 2.75) is 40.7 Å². The molecular weight excluding hydrogens is 462 g/mol. The van der Waals surface area contributed by atoms with Crippen molar-refractivity contribution in [3.63, 3.8) is 0 Å². The molecule has 0 aromatic heterocycles. The van der Waals surface area contributed by atoms with Crippen LogP contribution in [0.2, 0.25) is 5.02 Å². The number of carbonyl (C=O) groups is 2. The van der Waals surface area contributed by atoms with Gasteiger partial charge in [-0.15, -0.1) is 5.11 Å². The number of anilines is 1. The molecule has 34 heavy (non-hydrogen) atoms. The third-order valence-corrected chi connectivity index (χ3v) is 4.75. The van der Waals surface area contributed by atoms with E-state index in [0.717, 1.165) is 0 Å². The molecule has 0 aliphatic carbocycles. The first-order chi connectivity index (χ1) is 16.4. The van der Waals surface area contributed by atoms with Crippen LogP contribution in [0.4, 0.5) is 11.4 Å². The molecule has 184 valence electrons. The van der Waals surface area contributed by atoms with Crippen LogP contribution in [0.15, 0.2) is 40.6 Å². The van der Waals surface area contributed by atoms with Gasteiger partial charge in [-0.05, 0) is 58.9 Å². The Hall–Kier alpha value is -3.33. The largest absolute Gasteiger partial charge is 0.491 e. The quantitative estimate of drug-likeness (QED) is 0.288. The molecule has 2 aromatic rings. The van der Waals surface area contributed by atoms with Crippen LogP contribution in [-0.2, 0) is 9.59 Å². The first-order valence-corrected chi connectivity index (χ1v) is 11.4. The zero-order chi connectivity index (χ0) is 25.1. The molecule has 0 bridgehead atoms. The lowest BCUT2D eigenvalue weighted by Gasteiger charge is -2.16. The zero-order valence-corrected chi connectivity index (χ0v) is 20.8. The number of carbonyl (C=O) groups excluding carboxylic acids is 2. The Morgan fingerprint density at radius 1 is 0.882 bits per heavy atom. The topological polar surface area (TPSA) is 108 Å². The predicted octanol–water partition coefficient (Wildman–Crippen LogP) is 5.61. The number of hydrogen-bond acceptors (Lipinski definition) is 8. The second kappa shape index (κ2) is 13.4. The van der Waals surface area contributed by atoms with E-state index >= 15 is 0 Å². The Morgan fingerprint density at radius 2 is 1.44 bits per heavy atom. The summed E-state index contributed by atoms with van der Waals surface area (Å²) in [5, 5.41) is 11.0. The Balaban J connectivity index is 2.36. The van der Waals surface area contributed by atoms with Gasteiger partial charge in [0.15, 0.2) is 34.5 Å². The van der Waals surface area contributed by atoms with Crippen LogP contribution < -0.4 is 24.3 Å². The molecular formula is C24H30ClN3O6. The van der Waals surface area contributed by atoms with E-state index in [4.69, 9.17) is 30.5 Å². The lowest BCUT2D eigenvalue weighted by molar-refractivity contribution is -0.126. The van der Waals surface area contributed by atoms with Crippen molar-refractivity contribution in [3.05, 3.63) is 35.4 Å². The molecule has 0 aliphatic heterocycles. The summed E-state index contributed by atoms with van der Waals surface area (Å²) in [6.07, 6.45) is 0. The molecule has 1 atom stereocenters. The lowest BCUT2D eigenvalue weighted by atomic mass is 10.2. The van der Waals surface area contributed by atoms with Gasteiger partial charge in [0.05, 0.1) is 32.1 Å². The number of nitrogens with zero attached hydrogens (tertiary/aromatic N) is 2. The molecule has 2 rings (SSSR count). The normalized spacial score (nSPS) is 11.7. The van der Waals surface area contributed by atoms with Crippen molar-refractivity contribution < 1.29 is 28.5 Å². The number of nitrogens with one attached hydrogen (secondary N) is 1. The van der Waals surface area contributed by atoms with Crippen LogP contribution in [-0.4, -0.2) is 44.2 Å². The molecule has 10 heteroatoms. The molecule has 0 saturated heterocycles. The van der Waals surface area contributed by atoms with E-state index in [1.165, 1.54) is 6.92 Å². The summed E-state index contributed by atoms with van der Waals surface area (Å²) >= 11 is 6.45. The number of azo groups is 1. The Bertz CT molecular complexity index is 1000. The maximum Gasteiger partial charge on any atom is 0.258 e. The second-order valence-electron chi connectivity index (χ2n) is 6.81. The maximum atomic E-state index is 12.9. The third kappa shape index (κ3) is 6.84. The number of amides is 1. The fourth-order valence-corrected chi connectivity index (χ4v) is 3.22. The molecule has 0 fully saturated rings. The Morgan fingerprint density at radius 3 is 1.97 bits per heavy atom. The summed E-state index contributed by atoms with van der Waals surface area (Å²) in [4.78, 5) is 25.2. The van der Waals surface area contributed by atoms with Gasteiger partial charge in [0.25, 0.3) is 5.91 Å². The molecule has 0 spiro atoms. The van der Waals surface area contributed by atoms with Gasteiger partial charge in [-0.25, -0.2) is 0 Å². The SMILES string of the molecule is CCOc1cccc(OCC)c1N=NC(C(C)=O)C(=O)Nc1ccc(OCC)c(OCC)c1Cl. The van der Waals surface area contributed by atoms with Crippen molar-refractivity contribution in [2.75, 3.05) is 31.7 Å². The molecule has 0 heterocycles. The van der Waals surface area contributed by atoms with E-state index in [2.05, 4.69) is 15.5 Å². The van der Waals surface area contributed by atoms with Crippen LogP contribution in [0, 0.1) is 0 Å². The minimum Gasteiger partial charge on any atom is -0.491 e. The van der Waals surface area contributed by atoms with Crippen LogP contribution >= 0.6 is 11.6 Å². The Kier molecular flexibility index (Phi) is 10.6. The second-order valence-corrected chi connectivity index (χ2v) is 7.19. The number of ether oxygens (including phenoxy) is 4. The minimum atomic E-state index is -1.41. The van der Waals surface area contributed by atoms with E-state index in [1.54, 1.807) is 37.3 Å². The van der Waals surface area contributed by atoms with Crippen molar-refractivity contribution in [2.24, 2.45) is 10.2 Å². The zero-order valence-electron chi connectivity index (χ0n) is 20.0. The van der Waals surface area contributed by atoms with Crippen LogP contribution in [0.3, 0.4) is 0 Å². The van der Waals surface area contributed by atoms with Crippen molar-refractivity contribution in [1.82, 2.24) is 0 Å². The highest BCUT2D eigenvalue weighted by atomic mass is 35.5. The molecule has 1 unspecified atom stereocenters. The first-order valence-electron chi connectivity index (χ1n) is 11.1. The van der Waals surface area contributed by atoms with Gasteiger partial charge in [0, 0.05) is 0 Å². The number of rotatable bonds is 13. The van der Waals surface area contributed by atoms with Crippen LogP contribution in [0.5, 0.6) is 23.0 Å². The molecule has 0 saturated carbocycles. The average Bonchev–Trinajstić information content (AvgIpc) is 2.80. The lowest BCUT2D eigenvalue weighted by Crippen LogP contribution is -2.32. The summed E-state index contributed by atoms with van der Waals surface area (Å²) in [5.74, 6) is 0.409. The van der Waals surface area contributed by atoms with E-state index in [0.29, 0.717) is 55.1 Å².